The molecule has 1 aromatic heterocycles. The van der Waals surface area contributed by atoms with Gasteiger partial charge in [0, 0.05) is 38.3 Å². The van der Waals surface area contributed by atoms with E-state index >= 15 is 0 Å². The second kappa shape index (κ2) is 8.31. The summed E-state index contributed by atoms with van der Waals surface area (Å²) >= 11 is 6.27. The number of aromatic nitrogens is 2. The van der Waals surface area contributed by atoms with Gasteiger partial charge >= 0.3 is 0 Å². The fourth-order valence-corrected chi connectivity index (χ4v) is 3.74. The van der Waals surface area contributed by atoms with E-state index in [4.69, 9.17) is 21.4 Å². The Kier molecular flexibility index (Phi) is 5.62. The molecule has 7 nitrogen and oxygen atoms in total. The molecule has 0 bridgehead atoms. The van der Waals surface area contributed by atoms with E-state index in [1.165, 1.54) is 0 Å². The molecule has 1 amide bonds. The summed E-state index contributed by atoms with van der Waals surface area (Å²) in [6.45, 7) is 3.15. The van der Waals surface area contributed by atoms with Crippen LogP contribution < -0.4 is 4.90 Å². The highest BCUT2D eigenvalue weighted by Gasteiger charge is 2.30. The van der Waals surface area contributed by atoms with E-state index in [2.05, 4.69) is 26.7 Å². The summed E-state index contributed by atoms with van der Waals surface area (Å²) < 4.78 is 5.51. The molecule has 0 saturated carbocycles. The number of nitrogens with zero attached hydrogens (tertiary/aromatic N) is 4. The average Bonchev–Trinajstić information content (AvgIpc) is 3.26. The van der Waals surface area contributed by atoms with Gasteiger partial charge in [0.05, 0.1) is 22.3 Å². The minimum atomic E-state index is -0.266. The Balaban J connectivity index is 1.47. The molecular weight excluding hydrogens is 380 g/mol. The van der Waals surface area contributed by atoms with Gasteiger partial charge in [-0.25, -0.2) is 4.98 Å². The van der Waals surface area contributed by atoms with Gasteiger partial charge in [-0.3, -0.25) is 9.78 Å². The third-order valence-corrected chi connectivity index (χ3v) is 5.35. The van der Waals surface area contributed by atoms with Crippen molar-refractivity contribution in [3.63, 3.8) is 0 Å². The number of aliphatic hydroxyl groups is 1. The first kappa shape index (κ1) is 18.9. The molecule has 2 aliphatic heterocycles. The first-order valence-electron chi connectivity index (χ1n) is 9.37. The van der Waals surface area contributed by atoms with Crippen LogP contribution in [0.3, 0.4) is 0 Å². The Morgan fingerprint density at radius 2 is 2.11 bits per heavy atom. The van der Waals surface area contributed by atoms with Gasteiger partial charge in [0.15, 0.2) is 0 Å². The van der Waals surface area contributed by atoms with Crippen molar-refractivity contribution in [2.24, 2.45) is 0 Å². The lowest BCUT2D eigenvalue weighted by Gasteiger charge is -2.36. The molecule has 8 heteroatoms. The zero-order valence-corrected chi connectivity index (χ0v) is 16.2. The van der Waals surface area contributed by atoms with E-state index in [1.54, 1.807) is 18.3 Å². The highest BCUT2D eigenvalue weighted by molar-refractivity contribution is 6.32. The molecule has 0 aliphatic carbocycles. The van der Waals surface area contributed by atoms with Crippen molar-refractivity contribution in [3.05, 3.63) is 28.9 Å². The molecule has 2 fully saturated rings. The number of piperazine rings is 1. The number of aliphatic hydroxyl groups excluding tert-OH is 1. The minimum Gasteiger partial charge on any atom is -0.384 e. The number of carbonyl (C=O) groups excluding carboxylic acids is 1. The molecule has 2 aromatic rings. The van der Waals surface area contributed by atoms with E-state index in [0.717, 1.165) is 18.7 Å². The standard InChI is InChI=1S/C20H21ClN4O3/c21-15-12-17-16(11-14(15)3-1-9-26)22-13-19(23-17)24-5-7-25(8-6-24)20(27)18-4-2-10-28-18/h11-13,18,26H,2,4-10H2/t18-/m1/s1. The van der Waals surface area contributed by atoms with E-state index in [1.807, 2.05) is 4.90 Å². The summed E-state index contributed by atoms with van der Waals surface area (Å²) in [5.74, 6) is 6.27. The molecule has 0 unspecified atom stereocenters. The smallest absolute Gasteiger partial charge is 0.251 e. The summed E-state index contributed by atoms with van der Waals surface area (Å²) in [6.07, 6.45) is 3.24. The number of ether oxygens (including phenoxy) is 1. The zero-order valence-electron chi connectivity index (χ0n) is 15.4. The maximum absolute atomic E-state index is 12.5. The van der Waals surface area contributed by atoms with Crippen molar-refractivity contribution >= 4 is 34.4 Å². The molecular formula is C20H21ClN4O3. The fraction of sp³-hybridized carbons (Fsp3) is 0.450. The van der Waals surface area contributed by atoms with Crippen molar-refractivity contribution in [2.45, 2.75) is 18.9 Å². The quantitative estimate of drug-likeness (QED) is 0.769. The number of amides is 1. The Labute approximate surface area is 168 Å². The van der Waals surface area contributed by atoms with Gasteiger partial charge in [-0.15, -0.1) is 0 Å². The van der Waals surface area contributed by atoms with Gasteiger partial charge in [-0.1, -0.05) is 23.4 Å². The first-order valence-corrected chi connectivity index (χ1v) is 9.75. The van der Waals surface area contributed by atoms with Crippen LogP contribution in [0.5, 0.6) is 0 Å². The second-order valence-electron chi connectivity index (χ2n) is 6.82. The van der Waals surface area contributed by atoms with Crippen LogP contribution in [0, 0.1) is 11.8 Å². The third-order valence-electron chi connectivity index (χ3n) is 5.04. The number of hydrogen-bond donors (Lipinski definition) is 1. The summed E-state index contributed by atoms with van der Waals surface area (Å²) in [7, 11) is 0. The molecule has 1 aromatic carbocycles. The number of carbonyl (C=O) groups is 1. The van der Waals surface area contributed by atoms with Crippen LogP contribution in [0.25, 0.3) is 11.0 Å². The van der Waals surface area contributed by atoms with Gasteiger partial charge in [-0.05, 0) is 25.0 Å². The second-order valence-corrected chi connectivity index (χ2v) is 7.23. The monoisotopic (exact) mass is 400 g/mol. The van der Waals surface area contributed by atoms with E-state index < -0.39 is 0 Å². The van der Waals surface area contributed by atoms with Crippen LogP contribution in [0.1, 0.15) is 18.4 Å². The van der Waals surface area contributed by atoms with Gasteiger partial charge in [0.1, 0.15) is 18.5 Å². The van der Waals surface area contributed by atoms with Gasteiger partial charge < -0.3 is 19.6 Å². The topological polar surface area (TPSA) is 78.8 Å². The Morgan fingerprint density at radius 3 is 2.82 bits per heavy atom. The molecule has 2 saturated heterocycles. The number of halogens is 1. The van der Waals surface area contributed by atoms with Gasteiger partial charge in [-0.2, -0.15) is 0 Å². The summed E-state index contributed by atoms with van der Waals surface area (Å²) in [4.78, 5) is 25.7. The van der Waals surface area contributed by atoms with E-state index in [9.17, 15) is 4.79 Å². The number of benzene rings is 1. The van der Waals surface area contributed by atoms with Crippen molar-refractivity contribution in [2.75, 3.05) is 44.3 Å². The van der Waals surface area contributed by atoms with Crippen molar-refractivity contribution in [1.82, 2.24) is 14.9 Å². The highest BCUT2D eigenvalue weighted by atomic mass is 35.5. The van der Waals surface area contributed by atoms with Crippen LogP contribution in [0.15, 0.2) is 18.3 Å². The number of fused-ring (bicyclic) bond motifs is 1. The maximum Gasteiger partial charge on any atom is 0.251 e. The molecule has 1 N–H and O–H groups in total. The fourth-order valence-electron chi connectivity index (χ4n) is 3.54. The molecule has 28 heavy (non-hydrogen) atoms. The molecule has 2 aliphatic rings. The lowest BCUT2D eigenvalue weighted by molar-refractivity contribution is -0.141. The van der Waals surface area contributed by atoms with Gasteiger partial charge in [0.2, 0.25) is 0 Å². The van der Waals surface area contributed by atoms with Crippen LogP contribution in [-0.2, 0) is 9.53 Å². The van der Waals surface area contributed by atoms with Crippen molar-refractivity contribution < 1.29 is 14.6 Å². The zero-order chi connectivity index (χ0) is 19.5. The normalized spacial score (nSPS) is 19.6. The number of anilines is 1. The molecule has 3 heterocycles. The van der Waals surface area contributed by atoms with E-state index in [0.29, 0.717) is 54.4 Å². The predicted octanol–water partition coefficient (Wildman–Crippen LogP) is 1.45. The summed E-state index contributed by atoms with van der Waals surface area (Å²) in [6, 6.07) is 3.52. The lowest BCUT2D eigenvalue weighted by atomic mass is 10.2. The molecule has 0 spiro atoms. The third kappa shape index (κ3) is 3.90. The molecule has 4 rings (SSSR count). The largest absolute Gasteiger partial charge is 0.384 e. The lowest BCUT2D eigenvalue weighted by Crippen LogP contribution is -2.51. The van der Waals surface area contributed by atoms with Crippen molar-refractivity contribution in [3.8, 4) is 11.8 Å². The predicted molar refractivity (Wildman–Crippen MR) is 106 cm³/mol. The van der Waals surface area contributed by atoms with Crippen LogP contribution in [0.2, 0.25) is 5.02 Å². The Bertz CT molecular complexity index is 942. The minimum absolute atomic E-state index is 0.102. The maximum atomic E-state index is 12.5. The van der Waals surface area contributed by atoms with Crippen molar-refractivity contribution in [1.29, 1.82) is 0 Å². The Hall–Kier alpha value is -2.40. The Morgan fingerprint density at radius 1 is 1.29 bits per heavy atom. The van der Waals surface area contributed by atoms with Crippen LogP contribution >= 0.6 is 11.6 Å². The van der Waals surface area contributed by atoms with Crippen LogP contribution in [-0.4, -0.2) is 71.4 Å². The van der Waals surface area contributed by atoms with Crippen LogP contribution in [0.4, 0.5) is 5.82 Å². The molecule has 0 radical (unpaired) electrons. The summed E-state index contributed by atoms with van der Waals surface area (Å²) in [5.41, 5.74) is 2.00. The summed E-state index contributed by atoms with van der Waals surface area (Å²) in [5, 5.41) is 9.32. The average molecular weight is 401 g/mol. The molecule has 146 valence electrons. The highest BCUT2D eigenvalue weighted by Crippen LogP contribution is 2.24. The first-order chi connectivity index (χ1) is 13.7. The number of rotatable bonds is 2. The SMILES string of the molecule is O=C([C@H]1CCCO1)N1CCN(c2cnc3cc(C#CCO)c(Cl)cc3n2)CC1. The molecule has 1 atom stereocenters. The number of hydrogen-bond acceptors (Lipinski definition) is 6. The van der Waals surface area contributed by atoms with E-state index in [-0.39, 0.29) is 18.6 Å². The van der Waals surface area contributed by atoms with Gasteiger partial charge in [0.25, 0.3) is 5.91 Å².